The van der Waals surface area contributed by atoms with Crippen molar-refractivity contribution in [2.24, 2.45) is 5.92 Å². The third-order valence-corrected chi connectivity index (χ3v) is 5.28. The van der Waals surface area contributed by atoms with Crippen LogP contribution in [0.15, 0.2) is 55.0 Å². The first kappa shape index (κ1) is 19.9. The van der Waals surface area contributed by atoms with E-state index in [2.05, 4.69) is 5.10 Å². The average Bonchev–Trinajstić information content (AvgIpc) is 3.42. The van der Waals surface area contributed by atoms with Gasteiger partial charge in [-0.2, -0.15) is 5.10 Å². The highest BCUT2D eigenvalue weighted by Crippen LogP contribution is 2.23. The Morgan fingerprint density at radius 2 is 1.60 bits per heavy atom. The molecular formula is C22H24FN5O2. The molecule has 1 aliphatic rings. The molecule has 1 aromatic carbocycles. The second-order valence-electron chi connectivity index (χ2n) is 7.61. The zero-order valence-electron chi connectivity index (χ0n) is 17.0. The van der Waals surface area contributed by atoms with E-state index in [1.54, 1.807) is 45.0 Å². The fourth-order valence-corrected chi connectivity index (χ4v) is 3.68. The van der Waals surface area contributed by atoms with Crippen LogP contribution in [-0.2, 0) is 4.79 Å². The number of amides is 2. The highest BCUT2D eigenvalue weighted by Gasteiger charge is 2.29. The molecule has 4 rings (SSSR count). The molecule has 0 aliphatic carbocycles. The predicted octanol–water partition coefficient (Wildman–Crippen LogP) is 2.74. The van der Waals surface area contributed by atoms with Crippen LogP contribution in [-0.4, -0.2) is 62.1 Å². The number of nitrogens with zero attached hydrogens (tertiary/aromatic N) is 5. The van der Waals surface area contributed by atoms with Crippen LogP contribution in [0.4, 0.5) is 4.39 Å². The highest BCUT2D eigenvalue weighted by molar-refractivity contribution is 5.97. The Kier molecular flexibility index (Phi) is 5.39. The number of rotatable bonds is 4. The highest BCUT2D eigenvalue weighted by atomic mass is 19.1. The number of carbonyl (C=O) groups is 2. The molecule has 8 heteroatoms. The molecule has 1 aliphatic heterocycles. The molecule has 0 spiro atoms. The van der Waals surface area contributed by atoms with Crippen LogP contribution in [0.3, 0.4) is 0 Å². The molecule has 2 aromatic heterocycles. The summed E-state index contributed by atoms with van der Waals surface area (Å²) < 4.78 is 17.6. The lowest BCUT2D eigenvalue weighted by Gasteiger charge is -2.35. The van der Waals surface area contributed by atoms with Crippen LogP contribution in [0.1, 0.15) is 24.2 Å². The summed E-state index contributed by atoms with van der Waals surface area (Å²) in [5.74, 6) is -0.0864. The quantitative estimate of drug-likeness (QED) is 0.666. The first-order valence-electron chi connectivity index (χ1n) is 10.0. The van der Waals surface area contributed by atoms with E-state index in [1.165, 1.54) is 16.9 Å². The summed E-state index contributed by atoms with van der Waals surface area (Å²) in [4.78, 5) is 29.1. The number of carbonyl (C=O) groups excluding carboxylic acids is 2. The average molecular weight is 409 g/mol. The summed E-state index contributed by atoms with van der Waals surface area (Å²) in [6.07, 6.45) is 5.07. The topological polar surface area (TPSA) is 63.4 Å². The van der Waals surface area contributed by atoms with Crippen molar-refractivity contribution in [3.05, 3.63) is 66.4 Å². The van der Waals surface area contributed by atoms with E-state index in [9.17, 15) is 14.0 Å². The smallest absolute Gasteiger partial charge is 0.259 e. The van der Waals surface area contributed by atoms with Crippen LogP contribution < -0.4 is 0 Å². The van der Waals surface area contributed by atoms with Gasteiger partial charge in [-0.1, -0.05) is 26.0 Å². The number of piperazine rings is 1. The van der Waals surface area contributed by atoms with Gasteiger partial charge < -0.3 is 14.4 Å². The van der Waals surface area contributed by atoms with E-state index in [-0.39, 0.29) is 23.4 Å². The zero-order chi connectivity index (χ0) is 21.3. The minimum atomic E-state index is -0.422. The standard InChI is InChI=1S/C22H24FN5O2/c1-16(2)21(29)26-11-13-27(14-12-26)22(30)17-15-24-28(19-8-4-3-7-18(19)23)20(17)25-9-5-6-10-25/h3-10,15-16H,11-14H2,1-2H3. The third kappa shape index (κ3) is 3.60. The van der Waals surface area contributed by atoms with E-state index >= 15 is 0 Å². The maximum atomic E-state index is 14.4. The Hall–Kier alpha value is -3.42. The van der Waals surface area contributed by atoms with Gasteiger partial charge in [-0.25, -0.2) is 9.07 Å². The maximum absolute atomic E-state index is 14.4. The summed E-state index contributed by atoms with van der Waals surface area (Å²) in [5, 5.41) is 4.33. The summed E-state index contributed by atoms with van der Waals surface area (Å²) in [5.41, 5.74) is 0.658. The maximum Gasteiger partial charge on any atom is 0.259 e. The monoisotopic (exact) mass is 409 g/mol. The Morgan fingerprint density at radius 1 is 0.967 bits per heavy atom. The molecule has 0 saturated carbocycles. The molecule has 1 saturated heterocycles. The summed E-state index contributed by atoms with van der Waals surface area (Å²) in [6.45, 7) is 5.66. The first-order valence-corrected chi connectivity index (χ1v) is 10.0. The van der Waals surface area contributed by atoms with Gasteiger partial charge in [0.05, 0.1) is 6.20 Å². The van der Waals surface area contributed by atoms with Crippen LogP contribution in [0.2, 0.25) is 0 Å². The molecule has 30 heavy (non-hydrogen) atoms. The number of hydrogen-bond acceptors (Lipinski definition) is 3. The van der Waals surface area contributed by atoms with Gasteiger partial charge in [-0.15, -0.1) is 0 Å². The molecule has 1 fully saturated rings. The molecule has 0 atom stereocenters. The SMILES string of the molecule is CC(C)C(=O)N1CCN(C(=O)c2cnn(-c3ccccc3F)c2-n2cccc2)CC1. The summed E-state index contributed by atoms with van der Waals surface area (Å²) in [6, 6.07) is 10.0. The van der Waals surface area contributed by atoms with E-state index in [1.807, 2.05) is 26.0 Å². The number of hydrogen-bond donors (Lipinski definition) is 0. The van der Waals surface area contributed by atoms with Crippen molar-refractivity contribution in [2.75, 3.05) is 26.2 Å². The molecule has 0 bridgehead atoms. The van der Waals surface area contributed by atoms with E-state index in [0.29, 0.717) is 37.6 Å². The molecule has 2 amide bonds. The van der Waals surface area contributed by atoms with Crippen LogP contribution in [0.25, 0.3) is 11.5 Å². The Morgan fingerprint density at radius 3 is 2.23 bits per heavy atom. The Labute approximate surface area is 174 Å². The van der Waals surface area contributed by atoms with Crippen LogP contribution in [0.5, 0.6) is 0 Å². The molecular weight excluding hydrogens is 385 g/mol. The minimum Gasteiger partial charge on any atom is -0.339 e. The van der Waals surface area contributed by atoms with E-state index in [4.69, 9.17) is 0 Å². The predicted molar refractivity (Wildman–Crippen MR) is 110 cm³/mol. The molecule has 7 nitrogen and oxygen atoms in total. The van der Waals surface area contributed by atoms with Crippen molar-refractivity contribution in [1.82, 2.24) is 24.1 Å². The van der Waals surface area contributed by atoms with Gasteiger partial charge in [0.15, 0.2) is 5.82 Å². The molecule has 156 valence electrons. The fourth-order valence-electron chi connectivity index (χ4n) is 3.68. The molecule has 0 N–H and O–H groups in total. The Balaban J connectivity index is 1.65. The molecule has 0 unspecified atom stereocenters. The molecule has 3 heterocycles. The normalized spacial score (nSPS) is 14.4. The molecule has 0 radical (unpaired) electrons. The minimum absolute atomic E-state index is 0.0633. The lowest BCUT2D eigenvalue weighted by atomic mass is 10.1. The van der Waals surface area contributed by atoms with Crippen LogP contribution >= 0.6 is 0 Å². The van der Waals surface area contributed by atoms with Gasteiger partial charge in [0.25, 0.3) is 5.91 Å². The van der Waals surface area contributed by atoms with Gasteiger partial charge >= 0.3 is 0 Å². The zero-order valence-corrected chi connectivity index (χ0v) is 17.0. The van der Waals surface area contributed by atoms with Crippen molar-refractivity contribution in [3.8, 4) is 11.5 Å². The number of aromatic nitrogens is 3. The fraction of sp³-hybridized carbons (Fsp3) is 0.318. The van der Waals surface area contributed by atoms with Gasteiger partial charge in [0.1, 0.15) is 17.1 Å². The van der Waals surface area contributed by atoms with E-state index < -0.39 is 5.82 Å². The lowest BCUT2D eigenvalue weighted by Crippen LogP contribution is -2.51. The largest absolute Gasteiger partial charge is 0.339 e. The number of para-hydroxylation sites is 1. The summed E-state index contributed by atoms with van der Waals surface area (Å²) in [7, 11) is 0. The van der Waals surface area contributed by atoms with Crippen molar-refractivity contribution in [3.63, 3.8) is 0 Å². The first-order chi connectivity index (χ1) is 14.5. The number of halogens is 1. The van der Waals surface area contributed by atoms with Crippen molar-refractivity contribution < 1.29 is 14.0 Å². The lowest BCUT2D eigenvalue weighted by molar-refractivity contribution is -0.135. The summed E-state index contributed by atoms with van der Waals surface area (Å²) >= 11 is 0. The van der Waals surface area contributed by atoms with Crippen molar-refractivity contribution >= 4 is 11.8 Å². The van der Waals surface area contributed by atoms with Gasteiger partial charge in [0.2, 0.25) is 5.91 Å². The Bertz CT molecular complexity index is 1050. The van der Waals surface area contributed by atoms with Crippen molar-refractivity contribution in [1.29, 1.82) is 0 Å². The van der Waals surface area contributed by atoms with Crippen molar-refractivity contribution in [2.45, 2.75) is 13.8 Å². The van der Waals surface area contributed by atoms with Gasteiger partial charge in [-0.05, 0) is 24.3 Å². The third-order valence-electron chi connectivity index (χ3n) is 5.28. The second kappa shape index (κ2) is 8.14. The van der Waals surface area contributed by atoms with Crippen LogP contribution in [0, 0.1) is 11.7 Å². The second-order valence-corrected chi connectivity index (χ2v) is 7.61. The van der Waals surface area contributed by atoms with E-state index in [0.717, 1.165) is 0 Å². The number of benzene rings is 1. The molecule has 3 aromatic rings. The van der Waals surface area contributed by atoms with Gasteiger partial charge in [0, 0.05) is 44.5 Å². The van der Waals surface area contributed by atoms with Gasteiger partial charge in [-0.3, -0.25) is 9.59 Å².